The molecule has 0 fully saturated rings. The molecular weight excluding hydrogens is 257 g/mol. The lowest BCUT2D eigenvalue weighted by atomic mass is 10.1. The first-order chi connectivity index (χ1) is 8.16. The Morgan fingerprint density at radius 1 is 1.29 bits per heavy atom. The first-order valence-electron chi connectivity index (χ1n) is 5.11. The van der Waals surface area contributed by atoms with Crippen LogP contribution < -0.4 is 5.32 Å². The number of aryl methyl sites for hydroxylation is 1. The van der Waals surface area contributed by atoms with Gasteiger partial charge in [-0.05, 0) is 30.2 Å². The summed E-state index contributed by atoms with van der Waals surface area (Å²) in [4.78, 5) is 8.21. The first-order valence-corrected chi connectivity index (χ1v) is 5.87. The van der Waals surface area contributed by atoms with Crippen LogP contribution in [0.5, 0.6) is 0 Å². The van der Waals surface area contributed by atoms with Crippen LogP contribution in [0.4, 0.5) is 5.82 Å². The number of halogens is 2. The maximum absolute atomic E-state index is 6.01. The first kappa shape index (κ1) is 12.1. The average Bonchev–Trinajstić information content (AvgIpc) is 2.30. The summed E-state index contributed by atoms with van der Waals surface area (Å²) in [6, 6.07) is 3.63. The number of rotatable bonds is 3. The Kier molecular flexibility index (Phi) is 3.82. The SMILES string of the molecule is Cc1ccncc1CNc1ncc(Cl)cc1Cl. The normalized spacial score (nSPS) is 10.3. The number of nitrogens with zero attached hydrogens (tertiary/aromatic N) is 2. The molecule has 0 aromatic carbocycles. The number of nitrogens with one attached hydrogen (secondary N) is 1. The molecule has 5 heteroatoms. The number of hydrogen-bond acceptors (Lipinski definition) is 3. The van der Waals surface area contributed by atoms with Crippen molar-refractivity contribution in [1.29, 1.82) is 0 Å². The smallest absolute Gasteiger partial charge is 0.145 e. The van der Waals surface area contributed by atoms with Gasteiger partial charge in [-0.1, -0.05) is 23.2 Å². The molecule has 0 aliphatic carbocycles. The molecule has 0 unspecified atom stereocenters. The summed E-state index contributed by atoms with van der Waals surface area (Å²) in [5, 5.41) is 4.19. The second-order valence-corrected chi connectivity index (χ2v) is 4.48. The van der Waals surface area contributed by atoms with E-state index in [0.717, 1.165) is 5.56 Å². The highest BCUT2D eigenvalue weighted by atomic mass is 35.5. The highest BCUT2D eigenvalue weighted by molar-refractivity contribution is 6.35. The van der Waals surface area contributed by atoms with E-state index in [9.17, 15) is 0 Å². The fourth-order valence-electron chi connectivity index (χ4n) is 1.41. The van der Waals surface area contributed by atoms with Crippen molar-refractivity contribution in [3.05, 3.63) is 51.9 Å². The van der Waals surface area contributed by atoms with E-state index < -0.39 is 0 Å². The van der Waals surface area contributed by atoms with Gasteiger partial charge in [0.25, 0.3) is 0 Å². The van der Waals surface area contributed by atoms with Crippen molar-refractivity contribution in [1.82, 2.24) is 9.97 Å². The monoisotopic (exact) mass is 267 g/mol. The van der Waals surface area contributed by atoms with E-state index in [1.807, 2.05) is 19.2 Å². The van der Waals surface area contributed by atoms with Gasteiger partial charge in [0, 0.05) is 25.1 Å². The standard InChI is InChI=1S/C12H11Cl2N3/c1-8-2-3-15-5-9(8)6-16-12-11(14)4-10(13)7-17-12/h2-5,7H,6H2,1H3,(H,16,17). The van der Waals surface area contributed by atoms with Crippen molar-refractivity contribution >= 4 is 29.0 Å². The molecule has 0 saturated heterocycles. The second-order valence-electron chi connectivity index (χ2n) is 3.64. The Hall–Kier alpha value is -1.32. The van der Waals surface area contributed by atoms with Crippen molar-refractivity contribution in [3.63, 3.8) is 0 Å². The Labute approximate surface area is 110 Å². The summed E-state index contributed by atoms with van der Waals surface area (Å²) in [6.45, 7) is 2.67. The van der Waals surface area contributed by atoms with Gasteiger partial charge in [0.1, 0.15) is 5.82 Å². The third-order valence-corrected chi connectivity index (χ3v) is 2.90. The topological polar surface area (TPSA) is 37.8 Å². The minimum absolute atomic E-state index is 0.513. The van der Waals surface area contributed by atoms with Crippen LogP contribution in [-0.4, -0.2) is 9.97 Å². The third-order valence-electron chi connectivity index (χ3n) is 2.40. The molecule has 2 rings (SSSR count). The Morgan fingerprint density at radius 3 is 2.82 bits per heavy atom. The van der Waals surface area contributed by atoms with E-state index in [1.54, 1.807) is 18.5 Å². The van der Waals surface area contributed by atoms with E-state index in [1.165, 1.54) is 5.56 Å². The third kappa shape index (κ3) is 3.08. The van der Waals surface area contributed by atoms with Crippen molar-refractivity contribution in [3.8, 4) is 0 Å². The molecule has 0 amide bonds. The highest BCUT2D eigenvalue weighted by Crippen LogP contribution is 2.23. The largest absolute Gasteiger partial charge is 0.365 e. The van der Waals surface area contributed by atoms with Crippen LogP contribution in [0.25, 0.3) is 0 Å². The summed E-state index contributed by atoms with van der Waals surface area (Å²) < 4.78 is 0. The molecule has 88 valence electrons. The molecule has 17 heavy (non-hydrogen) atoms. The Balaban J connectivity index is 2.10. The van der Waals surface area contributed by atoms with Crippen LogP contribution in [-0.2, 0) is 6.54 Å². The van der Waals surface area contributed by atoms with Crippen LogP contribution >= 0.6 is 23.2 Å². The van der Waals surface area contributed by atoms with Crippen molar-refractivity contribution < 1.29 is 0 Å². The van der Waals surface area contributed by atoms with Gasteiger partial charge in [0.05, 0.1) is 10.0 Å². The molecule has 1 N–H and O–H groups in total. The number of anilines is 1. The maximum Gasteiger partial charge on any atom is 0.145 e. The number of pyridine rings is 2. The number of aromatic nitrogens is 2. The lowest BCUT2D eigenvalue weighted by Gasteiger charge is -2.09. The predicted molar refractivity (Wildman–Crippen MR) is 70.6 cm³/mol. The zero-order valence-corrected chi connectivity index (χ0v) is 10.8. The zero-order chi connectivity index (χ0) is 12.3. The van der Waals surface area contributed by atoms with E-state index in [0.29, 0.717) is 22.4 Å². The van der Waals surface area contributed by atoms with Crippen molar-refractivity contribution in [2.75, 3.05) is 5.32 Å². The highest BCUT2D eigenvalue weighted by Gasteiger charge is 2.03. The minimum Gasteiger partial charge on any atom is -0.365 e. The van der Waals surface area contributed by atoms with Gasteiger partial charge in [0.2, 0.25) is 0 Å². The Morgan fingerprint density at radius 2 is 2.12 bits per heavy atom. The lowest BCUT2D eigenvalue weighted by molar-refractivity contribution is 1.06. The van der Waals surface area contributed by atoms with Crippen molar-refractivity contribution in [2.24, 2.45) is 0 Å². The molecule has 0 spiro atoms. The maximum atomic E-state index is 6.01. The lowest BCUT2D eigenvalue weighted by Crippen LogP contribution is -2.03. The van der Waals surface area contributed by atoms with Gasteiger partial charge in [-0.25, -0.2) is 4.98 Å². The minimum atomic E-state index is 0.513. The summed E-state index contributed by atoms with van der Waals surface area (Å²) >= 11 is 11.8. The molecule has 2 aromatic heterocycles. The molecule has 0 atom stereocenters. The summed E-state index contributed by atoms with van der Waals surface area (Å²) in [7, 11) is 0. The molecule has 0 saturated carbocycles. The number of hydrogen-bond donors (Lipinski definition) is 1. The summed E-state index contributed by atoms with van der Waals surface area (Å²) in [6.07, 6.45) is 5.16. The zero-order valence-electron chi connectivity index (χ0n) is 9.24. The van der Waals surface area contributed by atoms with E-state index in [4.69, 9.17) is 23.2 Å². The molecule has 0 aliphatic rings. The van der Waals surface area contributed by atoms with Crippen LogP contribution in [0.2, 0.25) is 10.0 Å². The molecule has 2 heterocycles. The van der Waals surface area contributed by atoms with Crippen LogP contribution in [0.3, 0.4) is 0 Å². The molecule has 0 bridgehead atoms. The fourth-order valence-corrected chi connectivity index (χ4v) is 1.85. The molecular formula is C12H11Cl2N3. The van der Waals surface area contributed by atoms with Gasteiger partial charge in [-0.3, -0.25) is 4.98 Å². The van der Waals surface area contributed by atoms with Gasteiger partial charge < -0.3 is 5.32 Å². The van der Waals surface area contributed by atoms with Gasteiger partial charge in [0.15, 0.2) is 0 Å². The van der Waals surface area contributed by atoms with E-state index >= 15 is 0 Å². The summed E-state index contributed by atoms with van der Waals surface area (Å²) in [5.41, 5.74) is 2.29. The van der Waals surface area contributed by atoms with Gasteiger partial charge in [-0.15, -0.1) is 0 Å². The van der Waals surface area contributed by atoms with Gasteiger partial charge >= 0.3 is 0 Å². The van der Waals surface area contributed by atoms with Crippen LogP contribution in [0.15, 0.2) is 30.7 Å². The van der Waals surface area contributed by atoms with E-state index in [-0.39, 0.29) is 0 Å². The second kappa shape index (κ2) is 5.34. The molecule has 2 aromatic rings. The molecule has 0 radical (unpaired) electrons. The van der Waals surface area contributed by atoms with E-state index in [2.05, 4.69) is 15.3 Å². The quantitative estimate of drug-likeness (QED) is 0.922. The summed E-state index contributed by atoms with van der Waals surface area (Å²) in [5.74, 6) is 0.624. The Bertz CT molecular complexity index is 529. The molecule has 0 aliphatic heterocycles. The van der Waals surface area contributed by atoms with Gasteiger partial charge in [-0.2, -0.15) is 0 Å². The fraction of sp³-hybridized carbons (Fsp3) is 0.167. The van der Waals surface area contributed by atoms with Crippen LogP contribution in [0.1, 0.15) is 11.1 Å². The van der Waals surface area contributed by atoms with Crippen LogP contribution in [0, 0.1) is 6.92 Å². The molecule has 3 nitrogen and oxygen atoms in total. The van der Waals surface area contributed by atoms with Crippen molar-refractivity contribution in [2.45, 2.75) is 13.5 Å². The average molecular weight is 268 g/mol. The predicted octanol–water partition coefficient (Wildman–Crippen LogP) is 3.70.